The van der Waals surface area contributed by atoms with Gasteiger partial charge in [-0.1, -0.05) is 38.1 Å². The highest BCUT2D eigenvalue weighted by atomic mass is 32.1. The van der Waals surface area contributed by atoms with Gasteiger partial charge in [-0.3, -0.25) is 4.79 Å². The monoisotopic (exact) mass is 472 g/mol. The number of nitrogens with two attached hydrogens (primary N) is 1. The van der Waals surface area contributed by atoms with Gasteiger partial charge in [0.1, 0.15) is 5.69 Å². The first-order valence-electron chi connectivity index (χ1n) is 11.4. The van der Waals surface area contributed by atoms with Crippen molar-refractivity contribution >= 4 is 36.0 Å². The van der Waals surface area contributed by atoms with Crippen molar-refractivity contribution in [2.24, 2.45) is 0 Å². The Kier molecular flexibility index (Phi) is 10.9. The molecule has 0 radical (unpaired) electrons. The van der Waals surface area contributed by atoms with Gasteiger partial charge in [-0.2, -0.15) is 12.6 Å². The molecule has 0 atom stereocenters. The summed E-state index contributed by atoms with van der Waals surface area (Å²) in [4.78, 5) is 14.4. The quantitative estimate of drug-likeness (QED) is 0.229. The van der Waals surface area contributed by atoms with Gasteiger partial charge in [0.15, 0.2) is 0 Å². The average Bonchev–Trinajstić information content (AvgIpc) is 2.82. The number of nitrogens with one attached hydrogen (secondary N) is 1. The molecule has 5 N–H and O–H groups in total. The molecule has 0 aromatic heterocycles. The van der Waals surface area contributed by atoms with Crippen LogP contribution in [-0.4, -0.2) is 61.8 Å². The van der Waals surface area contributed by atoms with Crippen molar-refractivity contribution in [1.82, 2.24) is 5.32 Å². The van der Waals surface area contributed by atoms with Gasteiger partial charge in [-0.15, -0.1) is 0 Å². The van der Waals surface area contributed by atoms with Gasteiger partial charge in [-0.25, -0.2) is 0 Å². The van der Waals surface area contributed by atoms with E-state index in [0.29, 0.717) is 31.0 Å². The summed E-state index contributed by atoms with van der Waals surface area (Å²) in [6, 6.07) is 14.0. The summed E-state index contributed by atoms with van der Waals surface area (Å²) in [6.07, 6.45) is 5.09. The van der Waals surface area contributed by atoms with Gasteiger partial charge in [0.25, 0.3) is 5.91 Å². The summed E-state index contributed by atoms with van der Waals surface area (Å²) >= 11 is 4.16. The number of hydrogen-bond acceptors (Lipinski definition) is 5. The number of amides is 1. The fourth-order valence-corrected chi connectivity index (χ4v) is 3.93. The van der Waals surface area contributed by atoms with Crippen molar-refractivity contribution in [3.8, 4) is 0 Å². The number of quaternary nitrogens is 1. The van der Waals surface area contributed by atoms with Crippen molar-refractivity contribution in [1.29, 1.82) is 0 Å². The molecule has 0 fully saturated rings. The third kappa shape index (κ3) is 7.89. The number of allylic oxidation sites excluding steroid dienone is 1. The minimum Gasteiger partial charge on any atom is -0.395 e. The lowest BCUT2D eigenvalue weighted by molar-refractivity contribution is -0.540. The molecule has 0 unspecified atom stereocenters. The number of carbonyl (C=O) groups is 1. The van der Waals surface area contributed by atoms with Gasteiger partial charge in [-0.05, 0) is 41.7 Å². The van der Waals surface area contributed by atoms with Gasteiger partial charge in [0, 0.05) is 48.3 Å². The van der Waals surface area contributed by atoms with Crippen molar-refractivity contribution < 1.29 is 20.3 Å². The number of thiol groups is 1. The first kappa shape index (κ1) is 26.9. The molecule has 0 aliphatic rings. The lowest BCUT2D eigenvalue weighted by Crippen LogP contribution is -2.73. The maximum Gasteiger partial charge on any atom is 0.251 e. The fourth-order valence-electron chi connectivity index (χ4n) is 3.81. The van der Waals surface area contributed by atoms with Gasteiger partial charge < -0.3 is 25.7 Å². The van der Waals surface area contributed by atoms with Crippen LogP contribution < -0.4 is 15.5 Å². The molecule has 0 saturated heterocycles. The smallest absolute Gasteiger partial charge is 0.251 e. The molecular formula is C26H38N3O3S+. The molecule has 0 saturated carbocycles. The van der Waals surface area contributed by atoms with Crippen molar-refractivity contribution in [2.75, 3.05) is 50.5 Å². The van der Waals surface area contributed by atoms with E-state index in [9.17, 15) is 15.0 Å². The summed E-state index contributed by atoms with van der Waals surface area (Å²) in [5, 5.41) is 23.4. The van der Waals surface area contributed by atoms with Crippen LogP contribution in [0.4, 0.5) is 11.4 Å². The van der Waals surface area contributed by atoms with E-state index in [1.54, 1.807) is 0 Å². The van der Waals surface area contributed by atoms with Crippen LogP contribution in [0, 0.1) is 0 Å². The van der Waals surface area contributed by atoms with E-state index < -0.39 is 0 Å². The highest BCUT2D eigenvalue weighted by Gasteiger charge is 2.25. The normalized spacial score (nSPS) is 11.7. The Balaban J connectivity index is 2.14. The zero-order valence-corrected chi connectivity index (χ0v) is 20.8. The van der Waals surface area contributed by atoms with Gasteiger partial charge in [0.05, 0.1) is 20.3 Å². The van der Waals surface area contributed by atoms with E-state index in [1.165, 1.54) is 0 Å². The van der Waals surface area contributed by atoms with Crippen LogP contribution in [0.2, 0.25) is 0 Å². The number of anilines is 1. The Morgan fingerprint density at radius 1 is 1.12 bits per heavy atom. The van der Waals surface area contributed by atoms with E-state index in [2.05, 4.69) is 49.3 Å². The Labute approximate surface area is 203 Å². The largest absolute Gasteiger partial charge is 0.395 e. The molecule has 0 heterocycles. The van der Waals surface area contributed by atoms with Crippen LogP contribution in [-0.2, 0) is 5.41 Å². The van der Waals surface area contributed by atoms with E-state index >= 15 is 0 Å². The van der Waals surface area contributed by atoms with Crippen LogP contribution in [0.25, 0.3) is 6.08 Å². The highest BCUT2D eigenvalue weighted by Crippen LogP contribution is 2.32. The summed E-state index contributed by atoms with van der Waals surface area (Å²) in [6.45, 7) is 6.01. The number of aliphatic hydroxyl groups excluding tert-OH is 2. The van der Waals surface area contributed by atoms with Crippen LogP contribution in [0.3, 0.4) is 0 Å². The summed E-state index contributed by atoms with van der Waals surface area (Å²) < 4.78 is 0. The minimum atomic E-state index is -0.156. The topological polar surface area (TPSA) is 89.4 Å². The second kappa shape index (κ2) is 13.4. The maximum atomic E-state index is 12.4. The molecule has 2 rings (SSSR count). The summed E-state index contributed by atoms with van der Waals surface area (Å²) in [7, 11) is 2.02. The molecule has 0 spiro atoms. The zero-order chi connectivity index (χ0) is 24.3. The maximum absolute atomic E-state index is 12.4. The Bertz CT molecular complexity index is 907. The number of rotatable bonds is 13. The first-order chi connectivity index (χ1) is 15.9. The second-order valence-corrected chi connectivity index (χ2v) is 9.03. The van der Waals surface area contributed by atoms with Crippen molar-refractivity contribution in [2.45, 2.75) is 25.7 Å². The van der Waals surface area contributed by atoms with E-state index in [1.807, 2.05) is 54.4 Å². The van der Waals surface area contributed by atoms with Crippen LogP contribution in [0.5, 0.6) is 0 Å². The Morgan fingerprint density at radius 3 is 2.36 bits per heavy atom. The Morgan fingerprint density at radius 2 is 1.79 bits per heavy atom. The highest BCUT2D eigenvalue weighted by molar-refractivity contribution is 7.80. The molecule has 33 heavy (non-hydrogen) atoms. The number of hydrogen-bond donors (Lipinski definition) is 5. The third-order valence-electron chi connectivity index (χ3n) is 5.69. The molecular weight excluding hydrogens is 434 g/mol. The SMILES string of the molecule is C[NH2+]c1ccc(C(=O)NCCS)cc1C(C)(C)C/C=C/c1ccc(N(CCO)CCO)cc1. The van der Waals surface area contributed by atoms with E-state index in [0.717, 1.165) is 28.9 Å². The molecule has 7 heteroatoms. The lowest BCUT2D eigenvalue weighted by Gasteiger charge is -2.25. The molecule has 0 aliphatic heterocycles. The lowest BCUT2D eigenvalue weighted by atomic mass is 9.79. The molecule has 0 aliphatic carbocycles. The number of nitrogens with zero attached hydrogens (tertiary/aromatic N) is 1. The summed E-state index contributed by atoms with van der Waals surface area (Å²) in [5.41, 5.74) is 4.86. The fraction of sp³-hybridized carbons (Fsp3) is 0.423. The third-order valence-corrected chi connectivity index (χ3v) is 5.91. The van der Waals surface area contributed by atoms with Crippen molar-refractivity contribution in [3.63, 3.8) is 0 Å². The van der Waals surface area contributed by atoms with E-state index in [-0.39, 0.29) is 24.5 Å². The molecule has 6 nitrogen and oxygen atoms in total. The number of carbonyl (C=O) groups excluding carboxylic acids is 1. The minimum absolute atomic E-state index is 0.0476. The Hall–Kier alpha value is -2.32. The predicted octanol–water partition coefficient (Wildman–Crippen LogP) is 2.34. The average molecular weight is 473 g/mol. The van der Waals surface area contributed by atoms with Crippen LogP contribution in [0.1, 0.15) is 41.8 Å². The number of aliphatic hydroxyl groups is 2. The van der Waals surface area contributed by atoms with Crippen molar-refractivity contribution in [3.05, 3.63) is 65.2 Å². The second-order valence-electron chi connectivity index (χ2n) is 8.59. The predicted molar refractivity (Wildman–Crippen MR) is 140 cm³/mol. The molecule has 180 valence electrons. The standard InChI is InChI=1S/C26H37N3O3S/c1-26(2,23-19-21(8-11-24(23)27-3)25(32)28-13-18-33)12-4-5-20-6-9-22(10-7-20)29(14-16-30)15-17-31/h4-11,19,27,30-31,33H,12-18H2,1-3H3,(H,28,32)/p+1/b5-4+. The van der Waals surface area contributed by atoms with Gasteiger partial charge >= 0.3 is 0 Å². The van der Waals surface area contributed by atoms with Crippen LogP contribution >= 0.6 is 12.6 Å². The molecule has 2 aromatic carbocycles. The summed E-state index contributed by atoms with van der Waals surface area (Å²) in [5.74, 6) is 0.535. The molecule has 0 bridgehead atoms. The van der Waals surface area contributed by atoms with Gasteiger partial charge in [0.2, 0.25) is 0 Å². The zero-order valence-electron chi connectivity index (χ0n) is 19.9. The number of benzene rings is 2. The molecule has 2 aromatic rings. The van der Waals surface area contributed by atoms with Crippen LogP contribution in [0.15, 0.2) is 48.5 Å². The van der Waals surface area contributed by atoms with E-state index in [4.69, 9.17) is 0 Å². The molecule has 1 amide bonds. The first-order valence-corrected chi connectivity index (χ1v) is 12.1.